The second-order valence-electron chi connectivity index (χ2n) is 4.47. The van der Waals surface area contributed by atoms with Gasteiger partial charge >= 0.3 is 0 Å². The van der Waals surface area contributed by atoms with Crippen LogP contribution in [0.5, 0.6) is 0 Å². The molecule has 3 rings (SSSR count). The van der Waals surface area contributed by atoms with Crippen molar-refractivity contribution in [2.24, 2.45) is 0 Å². The van der Waals surface area contributed by atoms with Crippen molar-refractivity contribution in [3.63, 3.8) is 0 Å². The Labute approximate surface area is 134 Å². The molecule has 7 nitrogen and oxygen atoms in total. The standard InChI is InChI=1S/C14H12BrN5O2/c15-9-3-5-10(6-4-9)20-13(16)12(18-19-20)14(21)17-8-11-2-1-7-22-11/h1-7H,8,16H2,(H,17,21). The number of furan rings is 1. The van der Waals surface area contributed by atoms with Crippen LogP contribution >= 0.6 is 15.9 Å². The Hall–Kier alpha value is -2.61. The first-order chi connectivity index (χ1) is 10.6. The summed E-state index contributed by atoms with van der Waals surface area (Å²) in [4.78, 5) is 12.1. The van der Waals surface area contributed by atoms with Crippen LogP contribution < -0.4 is 11.1 Å². The molecule has 0 saturated heterocycles. The third kappa shape index (κ3) is 2.86. The monoisotopic (exact) mass is 361 g/mol. The van der Waals surface area contributed by atoms with E-state index in [0.29, 0.717) is 5.76 Å². The topological polar surface area (TPSA) is 99.0 Å². The fourth-order valence-electron chi connectivity index (χ4n) is 1.89. The minimum Gasteiger partial charge on any atom is -0.467 e. The summed E-state index contributed by atoms with van der Waals surface area (Å²) in [5.41, 5.74) is 6.76. The molecule has 0 radical (unpaired) electrons. The van der Waals surface area contributed by atoms with Gasteiger partial charge in [-0.2, -0.15) is 4.68 Å². The average Bonchev–Trinajstić information content (AvgIpc) is 3.15. The Balaban J connectivity index is 1.77. The first-order valence-corrected chi connectivity index (χ1v) is 7.22. The van der Waals surface area contributed by atoms with Gasteiger partial charge in [-0.1, -0.05) is 21.1 Å². The van der Waals surface area contributed by atoms with Gasteiger partial charge in [0.05, 0.1) is 18.5 Å². The number of nitrogens with two attached hydrogens (primary N) is 1. The molecule has 0 atom stereocenters. The van der Waals surface area contributed by atoms with Crippen molar-refractivity contribution in [1.82, 2.24) is 20.3 Å². The van der Waals surface area contributed by atoms with Crippen LogP contribution in [-0.2, 0) is 6.54 Å². The molecule has 0 spiro atoms. The van der Waals surface area contributed by atoms with Crippen molar-refractivity contribution in [1.29, 1.82) is 0 Å². The number of hydrogen-bond donors (Lipinski definition) is 2. The molecule has 3 N–H and O–H groups in total. The number of aromatic nitrogens is 3. The smallest absolute Gasteiger partial charge is 0.276 e. The molecule has 0 bridgehead atoms. The number of hydrogen-bond acceptors (Lipinski definition) is 5. The zero-order valence-corrected chi connectivity index (χ0v) is 12.9. The highest BCUT2D eigenvalue weighted by Gasteiger charge is 2.18. The molecule has 2 aromatic heterocycles. The Morgan fingerprint density at radius 3 is 2.77 bits per heavy atom. The molecule has 22 heavy (non-hydrogen) atoms. The number of nitrogens with one attached hydrogen (secondary N) is 1. The summed E-state index contributed by atoms with van der Waals surface area (Å²) in [6.07, 6.45) is 1.54. The van der Waals surface area contributed by atoms with Crippen molar-refractivity contribution in [3.05, 3.63) is 58.6 Å². The first-order valence-electron chi connectivity index (χ1n) is 6.43. The van der Waals surface area contributed by atoms with Crippen molar-refractivity contribution < 1.29 is 9.21 Å². The normalized spacial score (nSPS) is 10.6. The van der Waals surface area contributed by atoms with E-state index in [4.69, 9.17) is 10.2 Å². The number of carbonyl (C=O) groups excluding carboxylic acids is 1. The summed E-state index contributed by atoms with van der Waals surface area (Å²) in [5.74, 6) is 0.420. The van der Waals surface area contributed by atoms with Gasteiger partial charge in [-0.25, -0.2) is 0 Å². The molecular formula is C14H12BrN5O2. The van der Waals surface area contributed by atoms with Gasteiger partial charge in [0.15, 0.2) is 11.5 Å². The molecule has 0 unspecified atom stereocenters. The summed E-state index contributed by atoms with van der Waals surface area (Å²) in [5, 5.41) is 10.5. The van der Waals surface area contributed by atoms with E-state index in [1.54, 1.807) is 18.4 Å². The number of carbonyl (C=O) groups is 1. The Morgan fingerprint density at radius 1 is 1.32 bits per heavy atom. The molecule has 1 amide bonds. The maximum Gasteiger partial charge on any atom is 0.276 e. The fraction of sp³-hybridized carbons (Fsp3) is 0.0714. The van der Waals surface area contributed by atoms with Gasteiger partial charge in [-0.3, -0.25) is 4.79 Å². The highest BCUT2D eigenvalue weighted by molar-refractivity contribution is 9.10. The molecule has 3 aromatic rings. The number of nitrogen functional groups attached to an aromatic ring is 1. The highest BCUT2D eigenvalue weighted by Crippen LogP contribution is 2.17. The number of amides is 1. The third-order valence-electron chi connectivity index (χ3n) is 2.99. The minimum atomic E-state index is -0.405. The van der Waals surface area contributed by atoms with Crippen molar-refractivity contribution in [2.75, 3.05) is 5.73 Å². The van der Waals surface area contributed by atoms with E-state index < -0.39 is 5.91 Å². The SMILES string of the molecule is Nc1c(C(=O)NCc2ccco2)nnn1-c1ccc(Br)cc1. The zero-order valence-electron chi connectivity index (χ0n) is 11.4. The van der Waals surface area contributed by atoms with Gasteiger partial charge < -0.3 is 15.5 Å². The second kappa shape index (κ2) is 6.02. The maximum atomic E-state index is 12.1. The van der Waals surface area contributed by atoms with Gasteiger partial charge in [0, 0.05) is 4.47 Å². The van der Waals surface area contributed by atoms with E-state index in [1.165, 1.54) is 4.68 Å². The van der Waals surface area contributed by atoms with Crippen molar-refractivity contribution >= 4 is 27.7 Å². The summed E-state index contributed by atoms with van der Waals surface area (Å²) in [7, 11) is 0. The quantitative estimate of drug-likeness (QED) is 0.741. The average molecular weight is 362 g/mol. The molecule has 0 aliphatic heterocycles. The van der Waals surface area contributed by atoms with Gasteiger partial charge in [-0.05, 0) is 36.4 Å². The summed E-state index contributed by atoms with van der Waals surface area (Å²) < 4.78 is 7.49. The van der Waals surface area contributed by atoms with Crippen LogP contribution in [0, 0.1) is 0 Å². The van der Waals surface area contributed by atoms with Crippen LogP contribution in [0.15, 0.2) is 51.6 Å². The maximum absolute atomic E-state index is 12.1. The van der Waals surface area contributed by atoms with E-state index in [-0.39, 0.29) is 18.1 Å². The van der Waals surface area contributed by atoms with E-state index in [0.717, 1.165) is 10.2 Å². The molecule has 0 aliphatic carbocycles. The molecule has 0 saturated carbocycles. The number of halogens is 1. The van der Waals surface area contributed by atoms with E-state index >= 15 is 0 Å². The van der Waals surface area contributed by atoms with Crippen LogP contribution in [-0.4, -0.2) is 20.9 Å². The lowest BCUT2D eigenvalue weighted by Crippen LogP contribution is -2.24. The molecule has 8 heteroatoms. The Morgan fingerprint density at radius 2 is 2.09 bits per heavy atom. The largest absolute Gasteiger partial charge is 0.467 e. The molecular weight excluding hydrogens is 350 g/mol. The lowest BCUT2D eigenvalue weighted by molar-refractivity contribution is 0.0944. The summed E-state index contributed by atoms with van der Waals surface area (Å²) in [6.45, 7) is 0.260. The number of rotatable bonds is 4. The molecule has 0 aliphatic rings. The Bertz CT molecular complexity index is 780. The predicted molar refractivity (Wildman–Crippen MR) is 83.3 cm³/mol. The van der Waals surface area contributed by atoms with Crippen LogP contribution in [0.1, 0.15) is 16.2 Å². The van der Waals surface area contributed by atoms with Crippen LogP contribution in [0.25, 0.3) is 5.69 Å². The lowest BCUT2D eigenvalue weighted by Gasteiger charge is -2.04. The third-order valence-corrected chi connectivity index (χ3v) is 3.52. The van der Waals surface area contributed by atoms with Crippen LogP contribution in [0.3, 0.4) is 0 Å². The first kappa shape index (κ1) is 14.3. The zero-order chi connectivity index (χ0) is 15.5. The molecule has 2 heterocycles. The molecule has 0 fully saturated rings. The summed E-state index contributed by atoms with van der Waals surface area (Å²) in [6, 6.07) is 10.9. The van der Waals surface area contributed by atoms with Gasteiger partial charge in [0.2, 0.25) is 0 Å². The Kier molecular flexibility index (Phi) is 3.92. The van der Waals surface area contributed by atoms with Crippen molar-refractivity contribution in [2.45, 2.75) is 6.54 Å². The van der Waals surface area contributed by atoms with Crippen LogP contribution in [0.4, 0.5) is 5.82 Å². The van der Waals surface area contributed by atoms with Crippen molar-refractivity contribution in [3.8, 4) is 5.69 Å². The summed E-state index contributed by atoms with van der Waals surface area (Å²) >= 11 is 3.35. The van der Waals surface area contributed by atoms with E-state index in [9.17, 15) is 4.79 Å². The van der Waals surface area contributed by atoms with Gasteiger partial charge in [-0.15, -0.1) is 5.10 Å². The van der Waals surface area contributed by atoms with E-state index in [1.807, 2.05) is 24.3 Å². The van der Waals surface area contributed by atoms with Gasteiger partial charge in [0.1, 0.15) is 5.76 Å². The second-order valence-corrected chi connectivity index (χ2v) is 5.39. The lowest BCUT2D eigenvalue weighted by atomic mass is 10.3. The molecule has 112 valence electrons. The van der Waals surface area contributed by atoms with Crippen LogP contribution in [0.2, 0.25) is 0 Å². The molecule has 1 aromatic carbocycles. The van der Waals surface area contributed by atoms with E-state index in [2.05, 4.69) is 31.6 Å². The fourth-order valence-corrected chi connectivity index (χ4v) is 2.15. The number of nitrogens with zero attached hydrogens (tertiary/aromatic N) is 3. The number of benzene rings is 1. The highest BCUT2D eigenvalue weighted by atomic mass is 79.9. The van der Waals surface area contributed by atoms with Gasteiger partial charge in [0.25, 0.3) is 5.91 Å². The minimum absolute atomic E-state index is 0.0782. The predicted octanol–water partition coefficient (Wildman–Crippen LogP) is 2.13. The number of anilines is 1.